The fourth-order valence-electron chi connectivity index (χ4n) is 0.324. The van der Waals surface area contributed by atoms with Crippen LogP contribution in [-0.4, -0.2) is 29.8 Å². The number of carbonyl (C=O) groups is 1. The molecule has 0 aliphatic rings. The summed E-state index contributed by atoms with van der Waals surface area (Å²) in [6, 6.07) is 0. The number of rotatable bonds is 3. The molecule has 0 atom stereocenters. The third-order valence-corrected chi connectivity index (χ3v) is 0.851. The van der Waals surface area contributed by atoms with Gasteiger partial charge in [-0.15, -0.1) is 0 Å². The topological polar surface area (TPSA) is 72.6 Å². The summed E-state index contributed by atoms with van der Waals surface area (Å²) in [5.74, 6) is -0.499. The molecule has 0 aromatic carbocycles. The summed E-state index contributed by atoms with van der Waals surface area (Å²) >= 11 is 0. The standard InChI is InChI=1S/C6H13NO3/c1-6(2,7)5(9)10-4-3-8/h8H,3-4,7H2,1-2H3. The summed E-state index contributed by atoms with van der Waals surface area (Å²) in [5.41, 5.74) is 4.40. The molecule has 0 aromatic heterocycles. The molecule has 4 nitrogen and oxygen atoms in total. The molecule has 0 bridgehead atoms. The second-order valence-electron chi connectivity index (χ2n) is 2.58. The van der Waals surface area contributed by atoms with E-state index in [0.717, 1.165) is 0 Å². The number of esters is 1. The molecular formula is C6H13NO3. The average molecular weight is 147 g/mol. The van der Waals surface area contributed by atoms with Gasteiger partial charge in [0.2, 0.25) is 0 Å². The van der Waals surface area contributed by atoms with Crippen molar-refractivity contribution in [2.75, 3.05) is 13.2 Å². The van der Waals surface area contributed by atoms with Crippen LogP contribution in [0, 0.1) is 0 Å². The molecule has 4 heteroatoms. The van der Waals surface area contributed by atoms with Crippen LogP contribution < -0.4 is 5.73 Å². The van der Waals surface area contributed by atoms with Gasteiger partial charge in [-0.1, -0.05) is 0 Å². The Hall–Kier alpha value is -0.610. The van der Waals surface area contributed by atoms with Crippen molar-refractivity contribution in [3.63, 3.8) is 0 Å². The largest absolute Gasteiger partial charge is 0.462 e. The summed E-state index contributed by atoms with van der Waals surface area (Å²) in [4.78, 5) is 10.8. The monoisotopic (exact) mass is 147 g/mol. The Morgan fingerprint density at radius 1 is 1.70 bits per heavy atom. The van der Waals surface area contributed by atoms with E-state index in [1.807, 2.05) is 0 Å². The van der Waals surface area contributed by atoms with E-state index in [2.05, 4.69) is 4.74 Å². The molecule has 60 valence electrons. The molecule has 0 saturated heterocycles. The SMILES string of the molecule is CC(C)(N)C(=O)OCCO. The maximum absolute atomic E-state index is 10.8. The molecule has 0 rings (SSSR count). The van der Waals surface area contributed by atoms with Crippen molar-refractivity contribution in [2.45, 2.75) is 19.4 Å². The molecule has 0 amide bonds. The van der Waals surface area contributed by atoms with Gasteiger partial charge in [0.05, 0.1) is 6.61 Å². The van der Waals surface area contributed by atoms with Crippen LogP contribution in [-0.2, 0) is 9.53 Å². The number of hydrogen-bond acceptors (Lipinski definition) is 4. The number of ether oxygens (including phenoxy) is 1. The van der Waals surface area contributed by atoms with Crippen LogP contribution in [0.1, 0.15) is 13.8 Å². The summed E-state index contributed by atoms with van der Waals surface area (Å²) in [5, 5.41) is 8.26. The molecule has 0 fully saturated rings. The van der Waals surface area contributed by atoms with Crippen molar-refractivity contribution in [1.29, 1.82) is 0 Å². The van der Waals surface area contributed by atoms with E-state index >= 15 is 0 Å². The van der Waals surface area contributed by atoms with Crippen molar-refractivity contribution in [3.8, 4) is 0 Å². The van der Waals surface area contributed by atoms with Crippen LogP contribution in [0.5, 0.6) is 0 Å². The Bertz CT molecular complexity index is 117. The zero-order chi connectivity index (χ0) is 8.20. The van der Waals surface area contributed by atoms with E-state index in [1.165, 1.54) is 0 Å². The Balaban J connectivity index is 3.64. The lowest BCUT2D eigenvalue weighted by molar-refractivity contribution is -0.149. The first kappa shape index (κ1) is 9.39. The van der Waals surface area contributed by atoms with Crippen LogP contribution in [0.15, 0.2) is 0 Å². The highest BCUT2D eigenvalue weighted by Crippen LogP contribution is 1.98. The normalized spacial score (nSPS) is 11.2. The number of carbonyl (C=O) groups excluding carboxylic acids is 1. The van der Waals surface area contributed by atoms with E-state index in [0.29, 0.717) is 0 Å². The van der Waals surface area contributed by atoms with E-state index in [-0.39, 0.29) is 13.2 Å². The molecule has 0 aliphatic carbocycles. The minimum absolute atomic E-state index is 0.0134. The van der Waals surface area contributed by atoms with Gasteiger partial charge in [-0.2, -0.15) is 0 Å². The van der Waals surface area contributed by atoms with Crippen LogP contribution in [0.2, 0.25) is 0 Å². The fraction of sp³-hybridized carbons (Fsp3) is 0.833. The quantitative estimate of drug-likeness (QED) is 0.516. The summed E-state index contributed by atoms with van der Waals surface area (Å²) in [6.45, 7) is 2.95. The van der Waals surface area contributed by atoms with Crippen LogP contribution in [0.3, 0.4) is 0 Å². The lowest BCUT2D eigenvalue weighted by Gasteiger charge is -2.15. The zero-order valence-corrected chi connectivity index (χ0v) is 6.26. The maximum atomic E-state index is 10.8. The van der Waals surface area contributed by atoms with Gasteiger partial charge in [0, 0.05) is 0 Å². The van der Waals surface area contributed by atoms with E-state index in [4.69, 9.17) is 10.8 Å². The molecule has 0 heterocycles. The van der Waals surface area contributed by atoms with Gasteiger partial charge in [-0.3, -0.25) is 4.79 Å². The minimum atomic E-state index is -0.963. The second kappa shape index (κ2) is 3.53. The number of hydrogen-bond donors (Lipinski definition) is 2. The zero-order valence-electron chi connectivity index (χ0n) is 6.26. The molecule has 3 N–H and O–H groups in total. The summed E-state index contributed by atoms with van der Waals surface area (Å²) < 4.78 is 4.54. The third kappa shape index (κ3) is 3.42. The van der Waals surface area contributed by atoms with Gasteiger partial charge >= 0.3 is 5.97 Å². The minimum Gasteiger partial charge on any atom is -0.462 e. The molecule has 0 radical (unpaired) electrons. The van der Waals surface area contributed by atoms with Crippen molar-refractivity contribution in [3.05, 3.63) is 0 Å². The predicted octanol–water partition coefficient (Wildman–Crippen LogP) is -0.741. The van der Waals surface area contributed by atoms with Gasteiger partial charge in [-0.05, 0) is 13.8 Å². The second-order valence-corrected chi connectivity index (χ2v) is 2.58. The lowest BCUT2D eigenvalue weighted by Crippen LogP contribution is -2.43. The fourth-order valence-corrected chi connectivity index (χ4v) is 0.324. The Morgan fingerprint density at radius 3 is 2.50 bits per heavy atom. The first-order valence-electron chi connectivity index (χ1n) is 3.05. The molecule has 0 spiro atoms. The number of nitrogens with two attached hydrogens (primary N) is 1. The van der Waals surface area contributed by atoms with Gasteiger partial charge in [-0.25, -0.2) is 0 Å². The highest BCUT2D eigenvalue weighted by atomic mass is 16.5. The highest BCUT2D eigenvalue weighted by Gasteiger charge is 2.22. The molecule has 0 aromatic rings. The Kier molecular flexibility index (Phi) is 3.32. The van der Waals surface area contributed by atoms with Crippen LogP contribution in [0.4, 0.5) is 0 Å². The lowest BCUT2D eigenvalue weighted by atomic mass is 10.1. The van der Waals surface area contributed by atoms with Gasteiger partial charge in [0.25, 0.3) is 0 Å². The van der Waals surface area contributed by atoms with Crippen molar-refractivity contribution >= 4 is 5.97 Å². The van der Waals surface area contributed by atoms with Crippen LogP contribution in [0.25, 0.3) is 0 Å². The average Bonchev–Trinajstić information content (AvgIpc) is 1.80. The van der Waals surface area contributed by atoms with E-state index in [1.54, 1.807) is 13.8 Å². The first-order valence-corrected chi connectivity index (χ1v) is 3.05. The number of aliphatic hydroxyl groups is 1. The third-order valence-electron chi connectivity index (χ3n) is 0.851. The van der Waals surface area contributed by atoms with E-state index in [9.17, 15) is 4.79 Å². The molecule has 0 aliphatic heterocycles. The smallest absolute Gasteiger partial charge is 0.325 e. The highest BCUT2D eigenvalue weighted by molar-refractivity contribution is 5.79. The summed E-state index contributed by atoms with van der Waals surface area (Å²) in [7, 11) is 0. The molecule has 0 unspecified atom stereocenters. The first-order chi connectivity index (χ1) is 4.48. The van der Waals surface area contributed by atoms with Gasteiger partial charge < -0.3 is 15.6 Å². The number of aliphatic hydroxyl groups excluding tert-OH is 1. The van der Waals surface area contributed by atoms with Crippen LogP contribution >= 0.6 is 0 Å². The Morgan fingerprint density at radius 2 is 2.20 bits per heavy atom. The molecule has 0 saturated carbocycles. The van der Waals surface area contributed by atoms with Gasteiger partial charge in [0.15, 0.2) is 0 Å². The van der Waals surface area contributed by atoms with E-state index < -0.39 is 11.5 Å². The van der Waals surface area contributed by atoms with Crippen molar-refractivity contribution < 1.29 is 14.6 Å². The predicted molar refractivity (Wildman–Crippen MR) is 36.3 cm³/mol. The summed E-state index contributed by atoms with van der Waals surface area (Å²) in [6.07, 6.45) is 0. The molecule has 10 heavy (non-hydrogen) atoms. The Labute approximate surface area is 60.0 Å². The van der Waals surface area contributed by atoms with Crippen molar-refractivity contribution in [2.24, 2.45) is 5.73 Å². The van der Waals surface area contributed by atoms with Crippen molar-refractivity contribution in [1.82, 2.24) is 0 Å². The molecular weight excluding hydrogens is 134 g/mol. The van der Waals surface area contributed by atoms with Gasteiger partial charge in [0.1, 0.15) is 12.1 Å². The maximum Gasteiger partial charge on any atom is 0.325 e.